The summed E-state index contributed by atoms with van der Waals surface area (Å²) in [5.74, 6) is -0.401. The van der Waals surface area contributed by atoms with Crippen molar-refractivity contribution in [2.75, 3.05) is 32.7 Å². The average Bonchev–Trinajstić information content (AvgIpc) is 3.04. The number of carbonyl (C=O) groups excluding carboxylic acids is 1. The van der Waals surface area contributed by atoms with Gasteiger partial charge in [-0.1, -0.05) is 17.3 Å². The second-order valence-electron chi connectivity index (χ2n) is 6.00. The van der Waals surface area contributed by atoms with Crippen LogP contribution in [-0.2, 0) is 0 Å². The Morgan fingerprint density at radius 1 is 1.33 bits per heavy atom. The lowest BCUT2D eigenvalue weighted by Gasteiger charge is -2.34. The summed E-state index contributed by atoms with van der Waals surface area (Å²) in [6.07, 6.45) is -0.383. The largest absolute Gasteiger partial charge is 0.392 e. The first-order valence-corrected chi connectivity index (χ1v) is 7.96. The van der Waals surface area contributed by atoms with Crippen molar-refractivity contribution in [1.82, 2.24) is 15.0 Å². The van der Waals surface area contributed by atoms with E-state index in [-0.39, 0.29) is 29.0 Å². The van der Waals surface area contributed by atoms with E-state index < -0.39 is 5.82 Å². The summed E-state index contributed by atoms with van der Waals surface area (Å²) in [4.78, 5) is 16.3. The maximum Gasteiger partial charge on any atom is 0.276 e. The van der Waals surface area contributed by atoms with Gasteiger partial charge < -0.3 is 14.5 Å². The second kappa shape index (κ2) is 7.11. The number of β-amino-alcohol motifs (C(OH)–C–C–N with tert-alkyl or cyclic N) is 1. The van der Waals surface area contributed by atoms with Crippen LogP contribution in [0.2, 0.25) is 0 Å². The first-order valence-electron chi connectivity index (χ1n) is 7.96. The molecule has 0 radical (unpaired) electrons. The highest BCUT2D eigenvalue weighted by atomic mass is 19.1. The van der Waals surface area contributed by atoms with Crippen molar-refractivity contribution in [3.05, 3.63) is 41.8 Å². The Morgan fingerprint density at radius 2 is 2.04 bits per heavy atom. The molecule has 6 nitrogen and oxygen atoms in total. The summed E-state index contributed by atoms with van der Waals surface area (Å²) in [6, 6.07) is 7.68. The van der Waals surface area contributed by atoms with Gasteiger partial charge in [0.15, 0.2) is 11.5 Å². The third-order valence-electron chi connectivity index (χ3n) is 4.05. The molecule has 1 unspecified atom stereocenters. The van der Waals surface area contributed by atoms with Crippen LogP contribution in [0.1, 0.15) is 17.4 Å². The van der Waals surface area contributed by atoms with Gasteiger partial charge in [0, 0.05) is 38.8 Å². The van der Waals surface area contributed by atoms with Gasteiger partial charge in [-0.2, -0.15) is 0 Å². The molecule has 1 saturated heterocycles. The van der Waals surface area contributed by atoms with Crippen molar-refractivity contribution >= 4 is 5.91 Å². The topological polar surface area (TPSA) is 69.8 Å². The molecule has 1 N–H and O–H groups in total. The van der Waals surface area contributed by atoms with Gasteiger partial charge in [-0.25, -0.2) is 4.39 Å². The van der Waals surface area contributed by atoms with E-state index in [2.05, 4.69) is 10.1 Å². The molecule has 1 fully saturated rings. The number of hydrogen-bond acceptors (Lipinski definition) is 5. The normalized spacial score (nSPS) is 17.0. The monoisotopic (exact) mass is 333 g/mol. The highest BCUT2D eigenvalue weighted by Gasteiger charge is 2.25. The molecule has 2 heterocycles. The van der Waals surface area contributed by atoms with Gasteiger partial charge in [-0.15, -0.1) is 0 Å². The molecule has 7 heteroatoms. The Bertz CT molecular complexity index is 709. The van der Waals surface area contributed by atoms with E-state index in [1.807, 2.05) is 0 Å². The van der Waals surface area contributed by atoms with Crippen molar-refractivity contribution in [2.24, 2.45) is 0 Å². The van der Waals surface area contributed by atoms with E-state index in [0.29, 0.717) is 32.7 Å². The zero-order valence-electron chi connectivity index (χ0n) is 13.5. The van der Waals surface area contributed by atoms with Crippen LogP contribution in [0.3, 0.4) is 0 Å². The summed E-state index contributed by atoms with van der Waals surface area (Å²) in [6.45, 7) is 4.88. The lowest BCUT2D eigenvalue weighted by Crippen LogP contribution is -2.50. The fourth-order valence-electron chi connectivity index (χ4n) is 2.83. The van der Waals surface area contributed by atoms with Crippen molar-refractivity contribution in [3.63, 3.8) is 0 Å². The number of hydrogen-bond donors (Lipinski definition) is 1. The molecule has 0 aliphatic carbocycles. The van der Waals surface area contributed by atoms with Crippen LogP contribution in [0.4, 0.5) is 4.39 Å². The molecule has 0 spiro atoms. The number of piperazine rings is 1. The third kappa shape index (κ3) is 3.63. The Morgan fingerprint density at radius 3 is 2.71 bits per heavy atom. The van der Waals surface area contributed by atoms with E-state index in [1.165, 1.54) is 12.1 Å². The molecule has 1 amide bonds. The quantitative estimate of drug-likeness (QED) is 0.921. The standard InChI is InChI=1S/C17H20FN3O3/c1-12(22)11-20-6-8-21(9-7-20)17(23)15-10-16(24-19-15)13-4-2-3-5-14(13)18/h2-5,10,12,22H,6-9,11H2,1H3. The van der Waals surface area contributed by atoms with Gasteiger partial charge in [-0.05, 0) is 19.1 Å². The van der Waals surface area contributed by atoms with Crippen LogP contribution in [0.15, 0.2) is 34.9 Å². The van der Waals surface area contributed by atoms with Gasteiger partial charge in [0.05, 0.1) is 11.7 Å². The van der Waals surface area contributed by atoms with Crippen LogP contribution in [0.25, 0.3) is 11.3 Å². The molecule has 0 bridgehead atoms. The second-order valence-corrected chi connectivity index (χ2v) is 6.00. The van der Waals surface area contributed by atoms with Gasteiger partial charge in [0.25, 0.3) is 5.91 Å². The Labute approximate surface area is 139 Å². The summed E-state index contributed by atoms with van der Waals surface area (Å²) < 4.78 is 18.9. The highest BCUT2D eigenvalue weighted by Crippen LogP contribution is 2.23. The zero-order chi connectivity index (χ0) is 17.1. The fraction of sp³-hybridized carbons (Fsp3) is 0.412. The smallest absolute Gasteiger partial charge is 0.276 e. The predicted octanol–water partition coefficient (Wildman–Crippen LogP) is 1.62. The maximum atomic E-state index is 13.8. The number of nitrogens with zero attached hydrogens (tertiary/aromatic N) is 3. The van der Waals surface area contributed by atoms with E-state index in [9.17, 15) is 14.3 Å². The van der Waals surface area contributed by atoms with Gasteiger partial charge >= 0.3 is 0 Å². The molecule has 3 rings (SSSR count). The van der Waals surface area contributed by atoms with Crippen molar-refractivity contribution in [3.8, 4) is 11.3 Å². The number of carbonyl (C=O) groups is 1. The van der Waals surface area contributed by atoms with E-state index in [1.54, 1.807) is 30.0 Å². The Balaban J connectivity index is 1.66. The van der Waals surface area contributed by atoms with E-state index in [4.69, 9.17) is 4.52 Å². The van der Waals surface area contributed by atoms with Crippen LogP contribution in [0, 0.1) is 5.82 Å². The van der Waals surface area contributed by atoms with Crippen LogP contribution in [-0.4, -0.2) is 64.8 Å². The summed E-state index contributed by atoms with van der Waals surface area (Å²) in [5.41, 5.74) is 0.461. The van der Waals surface area contributed by atoms with Gasteiger partial charge in [0.1, 0.15) is 5.82 Å². The van der Waals surface area contributed by atoms with E-state index >= 15 is 0 Å². The minimum atomic E-state index is -0.417. The molecular weight excluding hydrogens is 313 g/mol. The van der Waals surface area contributed by atoms with E-state index in [0.717, 1.165) is 0 Å². The lowest BCUT2D eigenvalue weighted by molar-refractivity contribution is 0.0546. The van der Waals surface area contributed by atoms with Crippen molar-refractivity contribution in [1.29, 1.82) is 0 Å². The molecule has 1 aliphatic rings. The molecule has 2 aromatic rings. The average molecular weight is 333 g/mol. The first-order chi connectivity index (χ1) is 11.5. The summed E-state index contributed by atoms with van der Waals surface area (Å²) in [5, 5.41) is 13.2. The Hall–Kier alpha value is -2.25. The lowest BCUT2D eigenvalue weighted by atomic mass is 10.1. The van der Waals surface area contributed by atoms with Crippen LogP contribution < -0.4 is 0 Å². The van der Waals surface area contributed by atoms with Crippen LogP contribution in [0.5, 0.6) is 0 Å². The number of aliphatic hydroxyl groups excluding tert-OH is 1. The van der Waals surface area contributed by atoms with Gasteiger partial charge in [-0.3, -0.25) is 9.69 Å². The highest BCUT2D eigenvalue weighted by molar-refractivity contribution is 5.93. The zero-order valence-corrected chi connectivity index (χ0v) is 13.5. The molecule has 0 saturated carbocycles. The molecule has 1 atom stereocenters. The SMILES string of the molecule is CC(O)CN1CCN(C(=O)c2cc(-c3ccccc3F)on2)CC1. The van der Waals surface area contributed by atoms with Crippen molar-refractivity contribution in [2.45, 2.75) is 13.0 Å². The number of rotatable bonds is 4. The molecule has 1 aromatic heterocycles. The minimum absolute atomic E-state index is 0.178. The number of benzene rings is 1. The summed E-state index contributed by atoms with van der Waals surface area (Å²) in [7, 11) is 0. The fourth-order valence-corrected chi connectivity index (χ4v) is 2.83. The molecular formula is C17H20FN3O3. The number of aliphatic hydroxyl groups is 1. The molecule has 1 aliphatic heterocycles. The number of halogens is 1. The molecule has 1 aromatic carbocycles. The molecule has 128 valence electrons. The maximum absolute atomic E-state index is 13.8. The van der Waals surface area contributed by atoms with Crippen molar-refractivity contribution < 1.29 is 18.8 Å². The number of aromatic nitrogens is 1. The Kier molecular flexibility index (Phi) is 4.92. The summed E-state index contributed by atoms with van der Waals surface area (Å²) >= 11 is 0. The first kappa shape index (κ1) is 16.6. The van der Waals surface area contributed by atoms with Gasteiger partial charge in [0.2, 0.25) is 0 Å². The number of amides is 1. The van der Waals surface area contributed by atoms with Crippen LogP contribution >= 0.6 is 0 Å². The predicted molar refractivity (Wildman–Crippen MR) is 85.9 cm³/mol. The molecule has 24 heavy (non-hydrogen) atoms. The third-order valence-corrected chi connectivity index (χ3v) is 4.05. The minimum Gasteiger partial charge on any atom is -0.392 e.